The third-order valence-corrected chi connectivity index (χ3v) is 2.35. The molecular formula is C6H6ClNO3S. The van der Waals surface area contributed by atoms with E-state index in [1.807, 2.05) is 0 Å². The van der Waals surface area contributed by atoms with E-state index in [1.165, 1.54) is 24.3 Å². The molecule has 2 N–H and O–H groups in total. The molecule has 4 nitrogen and oxygen atoms in total. The van der Waals surface area contributed by atoms with Gasteiger partial charge in [-0.15, -0.1) is 0 Å². The molecule has 0 aromatic heterocycles. The highest BCUT2D eigenvalue weighted by atomic mass is 35.5. The standard InChI is InChI=1S/C6H6ClNO3S/c7-8-5-1-3-6(4-2-5)12(9,10)11/h1-4,8H,(H,9,10,11). The molecule has 0 bridgehead atoms. The van der Waals surface area contributed by atoms with Crippen LogP contribution < -0.4 is 4.84 Å². The summed E-state index contributed by atoms with van der Waals surface area (Å²) in [6.07, 6.45) is 0. The maximum atomic E-state index is 10.5. The third kappa shape index (κ3) is 2.10. The van der Waals surface area contributed by atoms with Gasteiger partial charge in [-0.25, -0.2) is 0 Å². The van der Waals surface area contributed by atoms with Gasteiger partial charge in [0.2, 0.25) is 0 Å². The topological polar surface area (TPSA) is 66.4 Å². The first kappa shape index (κ1) is 9.31. The molecule has 0 aliphatic carbocycles. The Kier molecular flexibility index (Phi) is 2.56. The van der Waals surface area contributed by atoms with Crippen molar-refractivity contribution in [2.45, 2.75) is 4.90 Å². The second-order valence-electron chi connectivity index (χ2n) is 2.09. The summed E-state index contributed by atoms with van der Waals surface area (Å²) in [7, 11) is -4.10. The van der Waals surface area contributed by atoms with E-state index in [2.05, 4.69) is 4.84 Å². The molecule has 0 heterocycles. The van der Waals surface area contributed by atoms with E-state index in [1.54, 1.807) is 0 Å². The van der Waals surface area contributed by atoms with Crippen molar-refractivity contribution in [2.75, 3.05) is 4.84 Å². The molecule has 0 radical (unpaired) electrons. The van der Waals surface area contributed by atoms with Crippen LogP contribution in [0.3, 0.4) is 0 Å². The number of nitrogens with one attached hydrogen (secondary N) is 1. The molecule has 1 rings (SSSR count). The van der Waals surface area contributed by atoms with Crippen LogP contribution in [0.2, 0.25) is 0 Å². The minimum Gasteiger partial charge on any atom is -0.299 e. The largest absolute Gasteiger partial charge is 0.299 e. The SMILES string of the molecule is O=S(=O)(O)c1ccc(NCl)cc1. The van der Waals surface area contributed by atoms with Gasteiger partial charge in [-0.2, -0.15) is 8.42 Å². The fourth-order valence-corrected chi connectivity index (χ4v) is 1.30. The normalized spacial score (nSPS) is 11.2. The molecule has 0 aliphatic heterocycles. The molecule has 0 saturated carbocycles. The lowest BCUT2D eigenvalue weighted by atomic mass is 10.3. The summed E-state index contributed by atoms with van der Waals surface area (Å²) in [5.74, 6) is 0. The first-order chi connectivity index (χ1) is 5.54. The van der Waals surface area contributed by atoms with Gasteiger partial charge in [0.1, 0.15) is 0 Å². The molecule has 1 aromatic carbocycles. The summed E-state index contributed by atoms with van der Waals surface area (Å²) in [5.41, 5.74) is 0.559. The van der Waals surface area contributed by atoms with E-state index in [4.69, 9.17) is 16.3 Å². The summed E-state index contributed by atoms with van der Waals surface area (Å²) in [6.45, 7) is 0. The Morgan fingerprint density at radius 3 is 2.08 bits per heavy atom. The van der Waals surface area contributed by atoms with E-state index in [0.29, 0.717) is 5.69 Å². The molecule has 0 spiro atoms. The van der Waals surface area contributed by atoms with E-state index in [-0.39, 0.29) is 4.90 Å². The predicted octanol–water partition coefficient (Wildman–Crippen LogP) is 1.50. The maximum absolute atomic E-state index is 10.5. The molecule has 66 valence electrons. The average Bonchev–Trinajstić information content (AvgIpc) is 2.03. The average molecular weight is 208 g/mol. The minimum atomic E-state index is -4.10. The number of benzene rings is 1. The van der Waals surface area contributed by atoms with Crippen LogP contribution in [0.4, 0.5) is 5.69 Å². The summed E-state index contributed by atoms with van der Waals surface area (Å²) < 4.78 is 29.6. The van der Waals surface area contributed by atoms with Crippen molar-refractivity contribution in [1.82, 2.24) is 0 Å². The van der Waals surface area contributed by atoms with Gasteiger partial charge >= 0.3 is 0 Å². The quantitative estimate of drug-likeness (QED) is 0.570. The molecule has 6 heteroatoms. The highest BCUT2D eigenvalue weighted by Crippen LogP contribution is 2.13. The van der Waals surface area contributed by atoms with Crippen LogP contribution in [0.1, 0.15) is 0 Å². The number of anilines is 1. The second kappa shape index (κ2) is 3.30. The van der Waals surface area contributed by atoms with Crippen molar-refractivity contribution < 1.29 is 13.0 Å². The summed E-state index contributed by atoms with van der Waals surface area (Å²) in [4.78, 5) is 2.15. The second-order valence-corrected chi connectivity index (χ2v) is 3.70. The Balaban J connectivity index is 3.09. The van der Waals surface area contributed by atoms with Crippen LogP contribution in [0, 0.1) is 0 Å². The first-order valence-corrected chi connectivity index (χ1v) is 4.80. The Morgan fingerprint density at radius 2 is 1.75 bits per heavy atom. The van der Waals surface area contributed by atoms with Crippen molar-refractivity contribution in [3.8, 4) is 0 Å². The summed E-state index contributed by atoms with van der Waals surface area (Å²) in [5, 5.41) is 0. The van der Waals surface area contributed by atoms with Gasteiger partial charge in [0.25, 0.3) is 10.1 Å². The van der Waals surface area contributed by atoms with Crippen molar-refractivity contribution in [2.24, 2.45) is 0 Å². The molecule has 12 heavy (non-hydrogen) atoms. The zero-order valence-electron chi connectivity index (χ0n) is 5.86. The Labute approximate surface area is 75.0 Å². The van der Waals surface area contributed by atoms with Gasteiger partial charge in [0.05, 0.1) is 4.90 Å². The molecule has 0 atom stereocenters. The van der Waals surface area contributed by atoms with Crippen molar-refractivity contribution >= 4 is 27.6 Å². The van der Waals surface area contributed by atoms with Crippen LogP contribution in [0.5, 0.6) is 0 Å². The Bertz CT molecular complexity index is 359. The predicted molar refractivity (Wildman–Crippen MR) is 45.7 cm³/mol. The van der Waals surface area contributed by atoms with Gasteiger partial charge in [-0.1, -0.05) is 0 Å². The minimum absolute atomic E-state index is 0.154. The van der Waals surface area contributed by atoms with E-state index in [0.717, 1.165) is 0 Å². The van der Waals surface area contributed by atoms with Crippen molar-refractivity contribution in [3.63, 3.8) is 0 Å². The van der Waals surface area contributed by atoms with Gasteiger partial charge in [-0.05, 0) is 24.3 Å². The van der Waals surface area contributed by atoms with Crippen LogP contribution in [0.15, 0.2) is 29.2 Å². The Hall–Kier alpha value is -0.780. The lowest BCUT2D eigenvalue weighted by molar-refractivity contribution is 0.483. The number of hydrogen-bond acceptors (Lipinski definition) is 3. The van der Waals surface area contributed by atoms with Gasteiger partial charge < -0.3 is 0 Å². The smallest absolute Gasteiger partial charge is 0.294 e. The Morgan fingerprint density at radius 1 is 1.25 bits per heavy atom. The molecule has 0 fully saturated rings. The van der Waals surface area contributed by atoms with Gasteiger partial charge in [0.15, 0.2) is 0 Å². The van der Waals surface area contributed by atoms with Crippen molar-refractivity contribution in [1.29, 1.82) is 0 Å². The van der Waals surface area contributed by atoms with E-state index >= 15 is 0 Å². The van der Waals surface area contributed by atoms with E-state index < -0.39 is 10.1 Å². The molecule has 0 saturated heterocycles. The molecule has 0 aliphatic rings. The third-order valence-electron chi connectivity index (χ3n) is 1.26. The van der Waals surface area contributed by atoms with Crippen LogP contribution >= 0.6 is 11.8 Å². The lowest BCUT2D eigenvalue weighted by Crippen LogP contribution is -1.97. The number of rotatable bonds is 2. The van der Waals surface area contributed by atoms with Crippen LogP contribution in [-0.4, -0.2) is 13.0 Å². The maximum Gasteiger partial charge on any atom is 0.294 e. The lowest BCUT2D eigenvalue weighted by Gasteiger charge is -1.98. The number of halogens is 1. The highest BCUT2D eigenvalue weighted by Gasteiger charge is 2.07. The van der Waals surface area contributed by atoms with Gasteiger partial charge in [0, 0.05) is 17.5 Å². The summed E-state index contributed by atoms with van der Waals surface area (Å²) in [6, 6.07) is 5.38. The van der Waals surface area contributed by atoms with Crippen LogP contribution in [-0.2, 0) is 10.1 Å². The van der Waals surface area contributed by atoms with Crippen molar-refractivity contribution in [3.05, 3.63) is 24.3 Å². The van der Waals surface area contributed by atoms with E-state index in [9.17, 15) is 8.42 Å². The molecule has 0 unspecified atom stereocenters. The fraction of sp³-hybridized carbons (Fsp3) is 0. The summed E-state index contributed by atoms with van der Waals surface area (Å²) >= 11 is 5.23. The zero-order valence-corrected chi connectivity index (χ0v) is 7.43. The van der Waals surface area contributed by atoms with Crippen LogP contribution in [0.25, 0.3) is 0 Å². The molecular weight excluding hydrogens is 202 g/mol. The molecule has 1 aromatic rings. The molecule has 0 amide bonds. The monoisotopic (exact) mass is 207 g/mol. The number of hydrogen-bond donors (Lipinski definition) is 2. The van der Waals surface area contributed by atoms with Gasteiger partial charge in [-0.3, -0.25) is 9.39 Å². The zero-order chi connectivity index (χ0) is 9.19. The highest BCUT2D eigenvalue weighted by molar-refractivity contribution is 7.85. The fourth-order valence-electron chi connectivity index (χ4n) is 0.690. The first-order valence-electron chi connectivity index (χ1n) is 2.98.